The van der Waals surface area contributed by atoms with Gasteiger partial charge in [-0.2, -0.15) is 0 Å². The molecule has 1 aliphatic rings. The van der Waals surface area contributed by atoms with Crippen LogP contribution in [0.5, 0.6) is 0 Å². The average molecular weight is 490 g/mol. The number of para-hydroxylation sites is 2. The molecule has 9 heteroatoms. The van der Waals surface area contributed by atoms with Crippen molar-refractivity contribution >= 4 is 27.8 Å². The van der Waals surface area contributed by atoms with Crippen LogP contribution >= 0.6 is 0 Å². The number of hydrazine groups is 1. The minimum absolute atomic E-state index is 0.478. The van der Waals surface area contributed by atoms with Crippen LogP contribution in [0.4, 0.5) is 5.69 Å². The largest absolute Gasteiger partial charge is 0.315 e. The fraction of sp³-hybridized carbons (Fsp3) is 0.214. The summed E-state index contributed by atoms with van der Waals surface area (Å²) >= 11 is 0. The van der Waals surface area contributed by atoms with E-state index in [2.05, 4.69) is 53.2 Å². The fourth-order valence-corrected chi connectivity index (χ4v) is 5.31. The number of nitrogens with two attached hydrogens (primary N) is 2. The van der Waals surface area contributed by atoms with Gasteiger partial charge in [-0.1, -0.05) is 46.5 Å². The van der Waals surface area contributed by atoms with Crippen molar-refractivity contribution in [3.05, 3.63) is 77.4 Å². The predicted octanol–water partition coefficient (Wildman–Crippen LogP) is 3.42. The molecule has 0 radical (unpaired) electrons. The molecule has 0 aliphatic heterocycles. The molecule has 0 amide bonds. The molecule has 0 spiro atoms. The Balaban J connectivity index is 1.71. The van der Waals surface area contributed by atoms with Gasteiger partial charge in [0.25, 0.3) is 0 Å². The monoisotopic (exact) mass is 489 g/mol. The number of fused-ring (bicyclic) bond motifs is 2. The van der Waals surface area contributed by atoms with Crippen LogP contribution in [-0.2, 0) is 0 Å². The molecule has 2 heterocycles. The number of allylic oxidation sites excluding steroid dienone is 1. The quantitative estimate of drug-likeness (QED) is 0.226. The van der Waals surface area contributed by atoms with Gasteiger partial charge in [0.05, 0.1) is 39.7 Å². The molecular weight excluding hydrogens is 462 g/mol. The molecule has 6 rings (SSSR count). The summed E-state index contributed by atoms with van der Waals surface area (Å²) in [6, 6.07) is 15.3. The van der Waals surface area contributed by atoms with E-state index in [0.29, 0.717) is 0 Å². The maximum Gasteiger partial charge on any atom is 0.113 e. The molecule has 4 N–H and O–H groups in total. The van der Waals surface area contributed by atoms with Gasteiger partial charge in [0.15, 0.2) is 0 Å². The highest BCUT2D eigenvalue weighted by molar-refractivity contribution is 5.84. The number of rotatable bonds is 4. The Kier molecular flexibility index (Phi) is 5.12. The highest BCUT2D eigenvalue weighted by Gasteiger charge is 2.38. The summed E-state index contributed by atoms with van der Waals surface area (Å²) in [6.07, 6.45) is 3.77. The average Bonchev–Trinajstić information content (AvgIpc) is 3.51. The summed E-state index contributed by atoms with van der Waals surface area (Å²) < 4.78 is 3.75. The molecule has 3 aromatic carbocycles. The molecule has 9 nitrogen and oxygen atoms in total. The van der Waals surface area contributed by atoms with E-state index in [4.69, 9.17) is 11.6 Å². The molecule has 2 aromatic heterocycles. The van der Waals surface area contributed by atoms with Crippen LogP contribution in [0.25, 0.3) is 33.4 Å². The van der Waals surface area contributed by atoms with E-state index in [1.807, 2.05) is 70.9 Å². The smallest absolute Gasteiger partial charge is 0.113 e. The van der Waals surface area contributed by atoms with Crippen LogP contribution in [0.15, 0.2) is 60.7 Å². The van der Waals surface area contributed by atoms with Gasteiger partial charge in [0.2, 0.25) is 0 Å². The third-order valence-electron chi connectivity index (χ3n) is 7.39. The lowest BCUT2D eigenvalue weighted by Gasteiger charge is -2.42. The molecule has 0 saturated carbocycles. The summed E-state index contributed by atoms with van der Waals surface area (Å²) in [7, 11) is 0. The molecule has 37 heavy (non-hydrogen) atoms. The highest BCUT2D eigenvalue weighted by atomic mass is 15.5. The first kappa shape index (κ1) is 22.9. The highest BCUT2D eigenvalue weighted by Crippen LogP contribution is 2.41. The molecule has 0 fully saturated rings. The Labute approximate surface area is 214 Å². The van der Waals surface area contributed by atoms with Gasteiger partial charge >= 0.3 is 0 Å². The fourth-order valence-electron chi connectivity index (χ4n) is 5.31. The topological polar surface area (TPSA) is 117 Å². The maximum atomic E-state index is 6.96. The number of benzene rings is 3. The molecule has 0 saturated heterocycles. The van der Waals surface area contributed by atoms with Crippen molar-refractivity contribution in [2.75, 3.05) is 5.01 Å². The first-order valence-electron chi connectivity index (χ1n) is 12.1. The molecule has 5 aromatic rings. The number of aromatic nitrogens is 6. The van der Waals surface area contributed by atoms with Crippen molar-refractivity contribution in [2.45, 2.75) is 39.3 Å². The molecule has 2 unspecified atom stereocenters. The Morgan fingerprint density at radius 1 is 0.838 bits per heavy atom. The zero-order valence-corrected chi connectivity index (χ0v) is 21.1. The van der Waals surface area contributed by atoms with Crippen molar-refractivity contribution in [3.63, 3.8) is 0 Å². The van der Waals surface area contributed by atoms with Gasteiger partial charge < -0.3 is 5.73 Å². The third-order valence-corrected chi connectivity index (χ3v) is 7.39. The first-order valence-corrected chi connectivity index (χ1v) is 12.1. The van der Waals surface area contributed by atoms with Crippen LogP contribution in [0.1, 0.15) is 23.6 Å². The van der Waals surface area contributed by atoms with E-state index in [9.17, 15) is 0 Å². The number of anilines is 1. The van der Waals surface area contributed by atoms with Crippen molar-refractivity contribution in [1.29, 1.82) is 0 Å². The zero-order valence-electron chi connectivity index (χ0n) is 21.1. The number of hydrogen-bond donors (Lipinski definition) is 2. The maximum absolute atomic E-state index is 6.96. The van der Waals surface area contributed by atoms with Crippen molar-refractivity contribution in [1.82, 2.24) is 30.0 Å². The van der Waals surface area contributed by atoms with Crippen molar-refractivity contribution in [3.8, 4) is 23.2 Å². The van der Waals surface area contributed by atoms with Crippen LogP contribution in [0.3, 0.4) is 0 Å². The molecule has 1 aliphatic carbocycles. The van der Waals surface area contributed by atoms with E-state index in [0.717, 1.165) is 55.8 Å². The van der Waals surface area contributed by atoms with E-state index in [1.165, 1.54) is 0 Å². The minimum Gasteiger partial charge on any atom is -0.315 e. The molecular formula is C28H27N9. The van der Waals surface area contributed by atoms with Crippen LogP contribution in [0, 0.1) is 32.6 Å². The summed E-state index contributed by atoms with van der Waals surface area (Å²) in [5.41, 5.74) is 14.6. The van der Waals surface area contributed by atoms with E-state index in [1.54, 1.807) is 11.1 Å². The van der Waals surface area contributed by atoms with Crippen LogP contribution < -0.4 is 16.6 Å². The normalized spacial score (nSPS) is 18.8. The van der Waals surface area contributed by atoms with Crippen LogP contribution in [0.2, 0.25) is 0 Å². The predicted molar refractivity (Wildman–Crippen MR) is 145 cm³/mol. The van der Waals surface area contributed by atoms with Crippen LogP contribution in [-0.4, -0.2) is 41.6 Å². The lowest BCUT2D eigenvalue weighted by Crippen LogP contribution is -2.61. The number of hydrogen-bond acceptors (Lipinski definition) is 7. The second kappa shape index (κ2) is 8.27. The summed E-state index contributed by atoms with van der Waals surface area (Å²) in [4.78, 5) is 0. The van der Waals surface area contributed by atoms with Crippen molar-refractivity contribution < 1.29 is 0 Å². The summed E-state index contributed by atoms with van der Waals surface area (Å²) in [5, 5.41) is 19.7. The Bertz CT molecular complexity index is 1680. The Hall–Kier alpha value is -4.52. The van der Waals surface area contributed by atoms with E-state index < -0.39 is 11.6 Å². The molecule has 184 valence electrons. The first-order chi connectivity index (χ1) is 17.8. The van der Waals surface area contributed by atoms with Gasteiger partial charge in [0, 0.05) is 16.7 Å². The standard InChI is InChI=1S/C28H27N9/c1-17-25(35-22-13-7-5-11-20(22)31-33-35)18(2)27(37(30)28(4)16-10-9-15-24(28)29)19(3)26(17)36-23-14-8-6-12-21(23)32-34-36/h5-8,10-14,16,24H,29-30H2,1-4H3. The Morgan fingerprint density at radius 3 is 1.86 bits per heavy atom. The lowest BCUT2D eigenvalue weighted by atomic mass is 9.87. The van der Waals surface area contributed by atoms with Gasteiger partial charge in [-0.25, -0.2) is 15.2 Å². The van der Waals surface area contributed by atoms with Crippen molar-refractivity contribution in [2.24, 2.45) is 11.6 Å². The molecule has 2 atom stereocenters. The van der Waals surface area contributed by atoms with E-state index >= 15 is 0 Å². The van der Waals surface area contributed by atoms with E-state index in [-0.39, 0.29) is 0 Å². The Morgan fingerprint density at radius 2 is 1.35 bits per heavy atom. The van der Waals surface area contributed by atoms with Gasteiger partial charge in [-0.05, 0) is 64.1 Å². The number of nitrogens with zero attached hydrogens (tertiary/aromatic N) is 7. The lowest BCUT2D eigenvalue weighted by molar-refractivity contribution is 0.476. The SMILES string of the molecule is Cc1c(N(N)C2(C)C=CC#CC2N)c(C)c(-n2nnc3ccccc32)c(C)c1-n1nnc2ccccc21. The molecule has 0 bridgehead atoms. The van der Waals surface area contributed by atoms with Gasteiger partial charge in [-0.15, -0.1) is 10.2 Å². The van der Waals surface area contributed by atoms with Gasteiger partial charge in [0.1, 0.15) is 11.0 Å². The second-order valence-electron chi connectivity index (χ2n) is 9.60. The summed E-state index contributed by atoms with van der Waals surface area (Å²) in [5.74, 6) is 13.0. The third kappa shape index (κ3) is 3.27. The summed E-state index contributed by atoms with van der Waals surface area (Å²) in [6.45, 7) is 8.17. The second-order valence-corrected chi connectivity index (χ2v) is 9.60. The minimum atomic E-state index is -0.737. The zero-order chi connectivity index (χ0) is 25.9. The van der Waals surface area contributed by atoms with Gasteiger partial charge in [-0.3, -0.25) is 5.01 Å².